The topological polar surface area (TPSA) is 62.7 Å². The van der Waals surface area contributed by atoms with Crippen LogP contribution in [-0.2, 0) is 17.6 Å². The molecule has 0 radical (unpaired) electrons. The number of carbonyl (C=O) groups excluding carboxylic acids is 1. The number of aromatic amines is 1. The fourth-order valence-corrected chi connectivity index (χ4v) is 5.59. The monoisotopic (exact) mass is 366 g/mol. The van der Waals surface area contributed by atoms with E-state index in [9.17, 15) is 4.79 Å². The number of aryl methyl sites for hydroxylation is 1. The molecule has 0 aromatic carbocycles. The molecule has 1 atom stereocenters. The second-order valence-electron chi connectivity index (χ2n) is 5.89. The molecule has 0 spiro atoms. The number of rotatable bonds is 5. The Balaban J connectivity index is 1.37. The van der Waals surface area contributed by atoms with Gasteiger partial charge in [0.2, 0.25) is 5.91 Å². The van der Waals surface area contributed by atoms with Crippen LogP contribution in [0.3, 0.4) is 0 Å². The van der Waals surface area contributed by atoms with Gasteiger partial charge in [0.25, 0.3) is 0 Å². The van der Waals surface area contributed by atoms with Crippen LogP contribution in [0.2, 0.25) is 0 Å². The average molecular weight is 367 g/mol. The van der Waals surface area contributed by atoms with Crippen molar-refractivity contribution in [2.45, 2.75) is 37.0 Å². The number of hydrogen-bond acceptors (Lipinski definition) is 5. The van der Waals surface area contributed by atoms with E-state index in [0.717, 1.165) is 18.0 Å². The fourth-order valence-electron chi connectivity index (χ4n) is 2.98. The normalized spacial score (nSPS) is 20.3. The first-order chi connectivity index (χ1) is 11.2. The molecule has 5 nitrogen and oxygen atoms in total. The molecule has 122 valence electrons. The number of H-pyrrole nitrogens is 1. The maximum atomic E-state index is 12.5. The summed E-state index contributed by atoms with van der Waals surface area (Å²) in [6.07, 6.45) is 4.14. The van der Waals surface area contributed by atoms with E-state index in [1.54, 1.807) is 23.1 Å². The third-order valence-corrected chi connectivity index (χ3v) is 6.78. The molecular formula is C15H18N4OS3. The van der Waals surface area contributed by atoms with E-state index in [1.807, 2.05) is 0 Å². The smallest absolute Gasteiger partial charge is 0.237 e. The van der Waals surface area contributed by atoms with Gasteiger partial charge in [-0.3, -0.25) is 9.89 Å². The molecule has 8 heteroatoms. The minimum Gasteiger partial charge on any atom is -0.354 e. The molecule has 1 fully saturated rings. The van der Waals surface area contributed by atoms with Gasteiger partial charge in [0.05, 0.1) is 0 Å². The summed E-state index contributed by atoms with van der Waals surface area (Å²) in [6.45, 7) is 0.599. The Morgan fingerprint density at radius 2 is 2.39 bits per heavy atom. The van der Waals surface area contributed by atoms with Crippen LogP contribution in [0.1, 0.15) is 40.4 Å². The van der Waals surface area contributed by atoms with Gasteiger partial charge in [-0.15, -0.1) is 23.1 Å². The second kappa shape index (κ2) is 6.41. The van der Waals surface area contributed by atoms with Gasteiger partial charge in [-0.2, -0.15) is 5.10 Å². The number of aromatic nitrogens is 3. The van der Waals surface area contributed by atoms with Crippen LogP contribution in [0.5, 0.6) is 0 Å². The lowest BCUT2D eigenvalue weighted by Gasteiger charge is -2.21. The second-order valence-corrected chi connectivity index (χ2v) is 8.49. The lowest BCUT2D eigenvalue weighted by atomic mass is 10.1. The molecule has 4 rings (SSSR count). The van der Waals surface area contributed by atoms with Crippen LogP contribution < -0.4 is 5.32 Å². The van der Waals surface area contributed by atoms with Gasteiger partial charge < -0.3 is 9.88 Å². The molecule has 0 bridgehead atoms. The SMILES string of the molecule is O=C(NCCc1n[nH]c(=S)n1C1CC1)[C@@H]1SCCc2sccc21. The molecule has 2 aliphatic rings. The molecule has 1 amide bonds. The van der Waals surface area contributed by atoms with Gasteiger partial charge >= 0.3 is 0 Å². The maximum absolute atomic E-state index is 12.5. The molecule has 1 saturated carbocycles. The quantitative estimate of drug-likeness (QED) is 0.799. The summed E-state index contributed by atoms with van der Waals surface area (Å²) in [6, 6.07) is 2.60. The summed E-state index contributed by atoms with van der Waals surface area (Å²) in [5, 5.41) is 12.3. The van der Waals surface area contributed by atoms with Gasteiger partial charge in [-0.1, -0.05) is 0 Å². The van der Waals surface area contributed by atoms with Crippen molar-refractivity contribution in [2.75, 3.05) is 12.3 Å². The van der Waals surface area contributed by atoms with Gasteiger partial charge in [-0.25, -0.2) is 0 Å². The van der Waals surface area contributed by atoms with Crippen LogP contribution in [-0.4, -0.2) is 33.0 Å². The third-order valence-electron chi connectivity index (χ3n) is 4.25. The Morgan fingerprint density at radius 3 is 3.22 bits per heavy atom. The number of fused-ring (bicyclic) bond motifs is 1. The highest BCUT2D eigenvalue weighted by Crippen LogP contribution is 2.39. The Hall–Kier alpha value is -1.12. The summed E-state index contributed by atoms with van der Waals surface area (Å²) in [5.74, 6) is 2.08. The maximum Gasteiger partial charge on any atom is 0.237 e. The minimum absolute atomic E-state index is 0.0609. The Labute approximate surface area is 147 Å². The number of amides is 1. The average Bonchev–Trinajstić information content (AvgIpc) is 3.14. The molecule has 2 N–H and O–H groups in total. The van der Waals surface area contributed by atoms with E-state index < -0.39 is 0 Å². The number of thiophene rings is 1. The Bertz CT molecular complexity index is 774. The summed E-state index contributed by atoms with van der Waals surface area (Å²) in [7, 11) is 0. The molecule has 0 saturated heterocycles. The molecule has 0 unspecified atom stereocenters. The highest BCUT2D eigenvalue weighted by atomic mass is 32.2. The number of carbonyl (C=O) groups is 1. The standard InChI is InChI=1S/C15H18N4OS3/c20-14(13-10-4-7-22-11(10)5-8-23-13)16-6-3-12-17-18-15(21)19(12)9-1-2-9/h4,7,9,13H,1-3,5-6,8H2,(H,16,20)(H,18,21)/t13-/m1/s1. The zero-order valence-electron chi connectivity index (χ0n) is 12.6. The Morgan fingerprint density at radius 1 is 1.52 bits per heavy atom. The van der Waals surface area contributed by atoms with Crippen molar-refractivity contribution >= 4 is 41.2 Å². The number of nitrogens with zero attached hydrogens (tertiary/aromatic N) is 2. The molecule has 23 heavy (non-hydrogen) atoms. The van der Waals surface area contributed by atoms with Gasteiger partial charge in [0.1, 0.15) is 11.1 Å². The largest absolute Gasteiger partial charge is 0.354 e. The lowest BCUT2D eigenvalue weighted by Crippen LogP contribution is -2.31. The third kappa shape index (κ3) is 3.12. The predicted octanol–water partition coefficient (Wildman–Crippen LogP) is 3.03. The van der Waals surface area contributed by atoms with Crippen molar-refractivity contribution in [2.24, 2.45) is 0 Å². The summed E-state index contributed by atoms with van der Waals surface area (Å²) in [5.41, 5.74) is 1.20. The lowest BCUT2D eigenvalue weighted by molar-refractivity contribution is -0.120. The summed E-state index contributed by atoms with van der Waals surface area (Å²) >= 11 is 8.78. The van der Waals surface area contributed by atoms with E-state index in [1.165, 1.54) is 23.3 Å². The van der Waals surface area contributed by atoms with Gasteiger partial charge in [0, 0.05) is 23.9 Å². The van der Waals surface area contributed by atoms with Crippen molar-refractivity contribution in [1.82, 2.24) is 20.1 Å². The van der Waals surface area contributed by atoms with Crippen LogP contribution in [0.15, 0.2) is 11.4 Å². The summed E-state index contributed by atoms with van der Waals surface area (Å²) in [4.78, 5) is 13.9. The highest BCUT2D eigenvalue weighted by Gasteiger charge is 2.29. The Kier molecular flexibility index (Phi) is 4.29. The van der Waals surface area contributed by atoms with E-state index in [4.69, 9.17) is 12.2 Å². The van der Waals surface area contributed by atoms with E-state index in [2.05, 4.69) is 31.5 Å². The first kappa shape index (κ1) is 15.4. The summed E-state index contributed by atoms with van der Waals surface area (Å²) < 4.78 is 2.80. The first-order valence-corrected chi connectivity index (χ1v) is 10.2. The molecular weight excluding hydrogens is 348 g/mol. The van der Waals surface area contributed by atoms with Crippen molar-refractivity contribution in [3.63, 3.8) is 0 Å². The van der Waals surface area contributed by atoms with Crippen molar-refractivity contribution < 1.29 is 4.79 Å². The fraction of sp³-hybridized carbons (Fsp3) is 0.533. The van der Waals surface area contributed by atoms with Gasteiger partial charge in [0.15, 0.2) is 4.77 Å². The zero-order chi connectivity index (χ0) is 15.8. The van der Waals surface area contributed by atoms with E-state index in [0.29, 0.717) is 23.8 Å². The molecule has 2 aromatic rings. The van der Waals surface area contributed by atoms with Crippen LogP contribution >= 0.6 is 35.3 Å². The van der Waals surface area contributed by atoms with Crippen LogP contribution in [0.25, 0.3) is 0 Å². The highest BCUT2D eigenvalue weighted by molar-refractivity contribution is 8.00. The van der Waals surface area contributed by atoms with Gasteiger partial charge in [-0.05, 0) is 54.2 Å². The van der Waals surface area contributed by atoms with Crippen molar-refractivity contribution in [3.05, 3.63) is 32.5 Å². The number of thioether (sulfide) groups is 1. The van der Waals surface area contributed by atoms with Crippen LogP contribution in [0, 0.1) is 4.77 Å². The number of hydrogen-bond donors (Lipinski definition) is 2. The first-order valence-electron chi connectivity index (χ1n) is 7.85. The van der Waals surface area contributed by atoms with E-state index >= 15 is 0 Å². The minimum atomic E-state index is -0.0609. The van der Waals surface area contributed by atoms with Crippen LogP contribution in [0.4, 0.5) is 0 Å². The molecule has 2 aromatic heterocycles. The molecule has 1 aliphatic heterocycles. The van der Waals surface area contributed by atoms with Crippen molar-refractivity contribution in [3.8, 4) is 0 Å². The van der Waals surface area contributed by atoms with E-state index in [-0.39, 0.29) is 11.2 Å². The molecule has 1 aliphatic carbocycles. The number of nitrogens with one attached hydrogen (secondary N) is 2. The predicted molar refractivity (Wildman–Crippen MR) is 95.6 cm³/mol. The van der Waals surface area contributed by atoms with Crippen molar-refractivity contribution in [1.29, 1.82) is 0 Å². The zero-order valence-corrected chi connectivity index (χ0v) is 15.0. The molecule has 3 heterocycles.